The second kappa shape index (κ2) is 6.13. The number of benzene rings is 3. The maximum Gasteiger partial charge on any atom is 0.167 e. The van der Waals surface area contributed by atoms with Crippen LogP contribution in [0.3, 0.4) is 0 Å². The second-order valence-corrected chi connectivity index (χ2v) is 6.14. The topological polar surface area (TPSA) is 47.6 Å². The Balaban J connectivity index is 1.80. The van der Waals surface area contributed by atoms with Crippen LogP contribution >= 0.6 is 0 Å². The molecule has 0 saturated carbocycles. The minimum absolute atomic E-state index is 0.139. The summed E-state index contributed by atoms with van der Waals surface area (Å²) in [6.45, 7) is 0. The molecule has 126 valence electrons. The van der Waals surface area contributed by atoms with Crippen LogP contribution in [0.1, 0.15) is 28.4 Å². The fourth-order valence-corrected chi connectivity index (χ4v) is 3.52. The van der Waals surface area contributed by atoms with E-state index in [1.54, 1.807) is 14.2 Å². The average Bonchev–Trinajstić information content (AvgIpc) is 2.66. The number of hydrogen-bond donors (Lipinski definition) is 1. The quantitative estimate of drug-likeness (QED) is 0.761. The van der Waals surface area contributed by atoms with Crippen LogP contribution in [0.25, 0.3) is 10.8 Å². The monoisotopic (exact) mass is 333 g/mol. The number of rotatable bonds is 3. The Hall–Kier alpha value is -3.01. The van der Waals surface area contributed by atoms with E-state index >= 15 is 0 Å². The summed E-state index contributed by atoms with van der Waals surface area (Å²) in [5, 5.41) is 5.58. The molecular formula is C21H19NO3. The zero-order valence-corrected chi connectivity index (χ0v) is 14.2. The second-order valence-electron chi connectivity index (χ2n) is 6.14. The molecule has 0 spiro atoms. The number of fused-ring (bicyclic) bond motifs is 3. The van der Waals surface area contributed by atoms with Crippen LogP contribution in [-0.2, 0) is 0 Å². The van der Waals surface area contributed by atoms with Crippen LogP contribution in [0.4, 0.5) is 5.69 Å². The smallest absolute Gasteiger partial charge is 0.167 e. The third kappa shape index (κ3) is 2.60. The highest BCUT2D eigenvalue weighted by Crippen LogP contribution is 2.40. The molecule has 4 heteroatoms. The van der Waals surface area contributed by atoms with E-state index in [-0.39, 0.29) is 11.8 Å². The van der Waals surface area contributed by atoms with E-state index in [9.17, 15) is 4.79 Å². The summed E-state index contributed by atoms with van der Waals surface area (Å²) in [5.41, 5.74) is 2.56. The molecule has 0 amide bonds. The predicted molar refractivity (Wildman–Crippen MR) is 98.8 cm³/mol. The van der Waals surface area contributed by atoms with Crippen LogP contribution < -0.4 is 14.8 Å². The molecule has 1 atom stereocenters. The minimum Gasteiger partial charge on any atom is -0.497 e. The number of anilines is 1. The van der Waals surface area contributed by atoms with Crippen molar-refractivity contribution in [1.82, 2.24) is 0 Å². The Labute approximate surface area is 146 Å². The summed E-state index contributed by atoms with van der Waals surface area (Å²) >= 11 is 0. The first-order valence-electron chi connectivity index (χ1n) is 8.24. The maximum atomic E-state index is 12.9. The normalized spacial score (nSPS) is 16.2. The summed E-state index contributed by atoms with van der Waals surface area (Å²) in [6.07, 6.45) is 0.379. The van der Waals surface area contributed by atoms with Gasteiger partial charge in [-0.05, 0) is 35.0 Å². The number of hydrogen-bond acceptors (Lipinski definition) is 4. The van der Waals surface area contributed by atoms with Gasteiger partial charge in [-0.3, -0.25) is 4.79 Å². The lowest BCUT2D eigenvalue weighted by Crippen LogP contribution is -2.23. The molecule has 1 aliphatic rings. The van der Waals surface area contributed by atoms with Gasteiger partial charge in [0.25, 0.3) is 0 Å². The average molecular weight is 333 g/mol. The molecule has 0 aromatic heterocycles. The fraction of sp³-hybridized carbons (Fsp3) is 0.190. The largest absolute Gasteiger partial charge is 0.497 e. The van der Waals surface area contributed by atoms with Crippen LogP contribution in [0.5, 0.6) is 11.5 Å². The standard InChI is InChI=1S/C21H19NO3/c1-24-14-8-10-20(25-2)16(11-14)18-12-19(23)21-15-6-4-3-5-13(15)7-9-17(21)22-18/h3-11,18,22H,12H2,1-2H3/t18-/m0/s1. The van der Waals surface area contributed by atoms with Gasteiger partial charge in [0.2, 0.25) is 0 Å². The lowest BCUT2D eigenvalue weighted by Gasteiger charge is -2.28. The maximum absolute atomic E-state index is 12.9. The van der Waals surface area contributed by atoms with Gasteiger partial charge >= 0.3 is 0 Å². The first kappa shape index (κ1) is 15.5. The number of ether oxygens (including phenoxy) is 2. The molecule has 3 aromatic rings. The van der Waals surface area contributed by atoms with Crippen molar-refractivity contribution in [2.75, 3.05) is 19.5 Å². The van der Waals surface area contributed by atoms with Gasteiger partial charge in [0.05, 0.1) is 20.3 Å². The molecule has 0 radical (unpaired) electrons. The van der Waals surface area contributed by atoms with Gasteiger partial charge in [-0.25, -0.2) is 0 Å². The molecule has 1 heterocycles. The highest BCUT2D eigenvalue weighted by Gasteiger charge is 2.29. The van der Waals surface area contributed by atoms with Crippen molar-refractivity contribution in [3.8, 4) is 11.5 Å². The van der Waals surface area contributed by atoms with E-state index in [2.05, 4.69) is 5.32 Å². The van der Waals surface area contributed by atoms with Crippen molar-refractivity contribution in [1.29, 1.82) is 0 Å². The van der Waals surface area contributed by atoms with Crippen molar-refractivity contribution < 1.29 is 14.3 Å². The van der Waals surface area contributed by atoms with Crippen molar-refractivity contribution in [3.63, 3.8) is 0 Å². The minimum atomic E-state index is -0.147. The van der Waals surface area contributed by atoms with Gasteiger partial charge in [-0.2, -0.15) is 0 Å². The number of carbonyl (C=O) groups is 1. The van der Waals surface area contributed by atoms with Crippen molar-refractivity contribution in [2.24, 2.45) is 0 Å². The summed E-state index contributed by atoms with van der Waals surface area (Å²) in [6, 6.07) is 17.5. The number of nitrogens with one attached hydrogen (secondary N) is 1. The Bertz CT molecular complexity index is 965. The molecule has 1 N–H and O–H groups in total. The SMILES string of the molecule is COc1ccc(OC)c([C@@H]2CC(=O)c3c(ccc4ccccc34)N2)c1. The fourth-order valence-electron chi connectivity index (χ4n) is 3.52. The number of carbonyl (C=O) groups excluding carboxylic acids is 1. The Morgan fingerprint density at radius 3 is 2.64 bits per heavy atom. The highest BCUT2D eigenvalue weighted by atomic mass is 16.5. The lowest BCUT2D eigenvalue weighted by molar-refractivity contribution is 0.0973. The molecule has 0 saturated heterocycles. The molecule has 0 unspecified atom stereocenters. The molecule has 0 fully saturated rings. The summed E-state index contributed by atoms with van der Waals surface area (Å²) in [4.78, 5) is 12.9. The molecular weight excluding hydrogens is 314 g/mol. The first-order valence-corrected chi connectivity index (χ1v) is 8.24. The first-order chi connectivity index (χ1) is 12.2. The van der Waals surface area contributed by atoms with Crippen LogP contribution in [0.2, 0.25) is 0 Å². The van der Waals surface area contributed by atoms with E-state index in [1.165, 1.54) is 0 Å². The van der Waals surface area contributed by atoms with Crippen molar-refractivity contribution in [3.05, 3.63) is 65.7 Å². The Morgan fingerprint density at radius 2 is 1.84 bits per heavy atom. The van der Waals surface area contributed by atoms with Gasteiger partial charge in [0.1, 0.15) is 11.5 Å². The third-order valence-electron chi connectivity index (χ3n) is 4.74. The molecule has 25 heavy (non-hydrogen) atoms. The molecule has 0 bridgehead atoms. The predicted octanol–water partition coefficient (Wildman–Crippen LogP) is 4.60. The Kier molecular flexibility index (Phi) is 3.80. The Morgan fingerprint density at radius 1 is 1.00 bits per heavy atom. The zero-order valence-electron chi connectivity index (χ0n) is 14.2. The summed E-state index contributed by atoms with van der Waals surface area (Å²) in [7, 11) is 3.27. The van der Waals surface area contributed by atoms with Gasteiger partial charge in [-0.15, -0.1) is 0 Å². The number of Topliss-reactive ketones (excluding diaryl/α,β-unsaturated/α-hetero) is 1. The lowest BCUT2D eigenvalue weighted by atomic mass is 9.89. The number of ketones is 1. The highest BCUT2D eigenvalue weighted by molar-refractivity contribution is 6.14. The molecule has 0 aliphatic carbocycles. The number of methoxy groups -OCH3 is 2. The van der Waals surface area contributed by atoms with Crippen molar-refractivity contribution >= 4 is 22.2 Å². The van der Waals surface area contributed by atoms with Gasteiger partial charge in [0, 0.05) is 23.2 Å². The molecule has 4 rings (SSSR count). The van der Waals surface area contributed by atoms with E-state index in [0.29, 0.717) is 6.42 Å². The zero-order chi connectivity index (χ0) is 17.4. The van der Waals surface area contributed by atoms with E-state index in [1.807, 2.05) is 54.6 Å². The van der Waals surface area contributed by atoms with Gasteiger partial charge < -0.3 is 14.8 Å². The van der Waals surface area contributed by atoms with E-state index in [0.717, 1.165) is 39.1 Å². The van der Waals surface area contributed by atoms with Crippen molar-refractivity contribution in [2.45, 2.75) is 12.5 Å². The van der Waals surface area contributed by atoms with Crippen LogP contribution in [0.15, 0.2) is 54.6 Å². The van der Waals surface area contributed by atoms with Crippen LogP contribution in [0, 0.1) is 0 Å². The van der Waals surface area contributed by atoms with E-state index < -0.39 is 0 Å². The third-order valence-corrected chi connectivity index (χ3v) is 4.74. The molecule has 3 aromatic carbocycles. The summed E-state index contributed by atoms with van der Waals surface area (Å²) in [5.74, 6) is 1.63. The summed E-state index contributed by atoms with van der Waals surface area (Å²) < 4.78 is 10.8. The van der Waals surface area contributed by atoms with Crippen LogP contribution in [-0.4, -0.2) is 20.0 Å². The molecule has 4 nitrogen and oxygen atoms in total. The van der Waals surface area contributed by atoms with Gasteiger partial charge in [0.15, 0.2) is 5.78 Å². The van der Waals surface area contributed by atoms with E-state index in [4.69, 9.17) is 9.47 Å². The molecule has 1 aliphatic heterocycles. The van der Waals surface area contributed by atoms with Gasteiger partial charge in [-0.1, -0.05) is 30.3 Å².